The van der Waals surface area contributed by atoms with Gasteiger partial charge in [-0.15, -0.1) is 0 Å². The molecule has 1 unspecified atom stereocenters. The third-order valence-corrected chi connectivity index (χ3v) is 2.97. The van der Waals surface area contributed by atoms with E-state index in [1.54, 1.807) is 0 Å². The second kappa shape index (κ2) is 10.9. The summed E-state index contributed by atoms with van der Waals surface area (Å²) in [5.74, 6) is 0. The SMILES string of the molecule is CCCCCC(C#N)NCCN(CC)CC. The first-order valence-corrected chi connectivity index (χ1v) is 6.63. The van der Waals surface area contributed by atoms with Crippen LogP contribution >= 0.6 is 0 Å². The Morgan fingerprint density at radius 1 is 1.19 bits per heavy atom. The van der Waals surface area contributed by atoms with Gasteiger partial charge in [0.1, 0.15) is 0 Å². The van der Waals surface area contributed by atoms with E-state index >= 15 is 0 Å². The molecule has 0 spiro atoms. The largest absolute Gasteiger partial charge is 0.303 e. The van der Waals surface area contributed by atoms with Gasteiger partial charge in [-0.2, -0.15) is 5.26 Å². The number of hydrogen-bond acceptors (Lipinski definition) is 3. The second-order valence-corrected chi connectivity index (χ2v) is 4.16. The summed E-state index contributed by atoms with van der Waals surface area (Å²) in [6.07, 6.45) is 4.60. The maximum atomic E-state index is 8.98. The van der Waals surface area contributed by atoms with Crippen molar-refractivity contribution in [2.45, 2.75) is 52.5 Å². The van der Waals surface area contributed by atoms with Gasteiger partial charge >= 0.3 is 0 Å². The molecule has 0 aromatic carbocycles. The van der Waals surface area contributed by atoms with Crippen molar-refractivity contribution in [1.82, 2.24) is 10.2 Å². The standard InChI is InChI=1S/C13H27N3/c1-4-7-8-9-13(12-14)15-10-11-16(5-2)6-3/h13,15H,4-11H2,1-3H3. The van der Waals surface area contributed by atoms with Gasteiger partial charge in [0.2, 0.25) is 0 Å². The molecule has 0 aliphatic rings. The minimum Gasteiger partial charge on any atom is -0.303 e. The van der Waals surface area contributed by atoms with E-state index in [2.05, 4.69) is 37.1 Å². The molecule has 0 rings (SSSR count). The molecule has 0 saturated carbocycles. The molecule has 0 heterocycles. The first kappa shape index (κ1) is 15.4. The number of nitrogens with one attached hydrogen (secondary N) is 1. The fraction of sp³-hybridized carbons (Fsp3) is 0.923. The zero-order chi connectivity index (χ0) is 12.2. The predicted molar refractivity (Wildman–Crippen MR) is 69.3 cm³/mol. The highest BCUT2D eigenvalue weighted by atomic mass is 15.1. The molecule has 1 atom stereocenters. The lowest BCUT2D eigenvalue weighted by molar-refractivity contribution is 0.298. The highest BCUT2D eigenvalue weighted by Gasteiger charge is 2.06. The molecule has 0 radical (unpaired) electrons. The molecule has 1 N–H and O–H groups in total. The average Bonchev–Trinajstić information content (AvgIpc) is 2.32. The summed E-state index contributed by atoms with van der Waals surface area (Å²) in [6, 6.07) is 2.38. The maximum Gasteiger partial charge on any atom is 0.0953 e. The van der Waals surface area contributed by atoms with Crippen molar-refractivity contribution in [2.75, 3.05) is 26.2 Å². The van der Waals surface area contributed by atoms with E-state index in [1.807, 2.05) is 0 Å². The molecule has 0 aromatic rings. The maximum absolute atomic E-state index is 8.98. The number of unbranched alkanes of at least 4 members (excludes halogenated alkanes) is 2. The fourth-order valence-corrected chi connectivity index (χ4v) is 1.75. The van der Waals surface area contributed by atoms with Gasteiger partial charge in [0.15, 0.2) is 0 Å². The lowest BCUT2D eigenvalue weighted by atomic mass is 10.1. The van der Waals surface area contributed by atoms with E-state index in [4.69, 9.17) is 5.26 Å². The quantitative estimate of drug-likeness (QED) is 0.580. The zero-order valence-electron chi connectivity index (χ0n) is 11.1. The highest BCUT2D eigenvalue weighted by Crippen LogP contribution is 2.02. The van der Waals surface area contributed by atoms with Crippen LogP contribution in [0.15, 0.2) is 0 Å². The Labute approximate surface area is 101 Å². The van der Waals surface area contributed by atoms with Gasteiger partial charge in [0.25, 0.3) is 0 Å². The van der Waals surface area contributed by atoms with Crippen LogP contribution in [0.3, 0.4) is 0 Å². The number of nitriles is 1. The first-order chi connectivity index (χ1) is 7.78. The average molecular weight is 225 g/mol. The summed E-state index contributed by atoms with van der Waals surface area (Å²) in [6.45, 7) is 10.7. The monoisotopic (exact) mass is 225 g/mol. The van der Waals surface area contributed by atoms with Gasteiger partial charge < -0.3 is 10.2 Å². The Hall–Kier alpha value is -0.590. The molecule has 0 saturated heterocycles. The van der Waals surface area contributed by atoms with E-state index < -0.39 is 0 Å². The third kappa shape index (κ3) is 7.67. The van der Waals surface area contributed by atoms with Gasteiger partial charge in [0.05, 0.1) is 12.1 Å². The molecule has 3 heteroatoms. The Morgan fingerprint density at radius 2 is 1.88 bits per heavy atom. The van der Waals surface area contributed by atoms with Crippen LogP contribution in [0, 0.1) is 11.3 Å². The number of rotatable bonds is 10. The molecule has 16 heavy (non-hydrogen) atoms. The van der Waals surface area contributed by atoms with E-state index in [-0.39, 0.29) is 6.04 Å². The Kier molecular flexibility index (Phi) is 10.5. The molecule has 0 aliphatic heterocycles. The molecular formula is C13H27N3. The van der Waals surface area contributed by atoms with E-state index in [1.165, 1.54) is 12.8 Å². The van der Waals surface area contributed by atoms with Crippen LogP contribution in [0.25, 0.3) is 0 Å². The van der Waals surface area contributed by atoms with Crippen LogP contribution in [0.2, 0.25) is 0 Å². The minimum absolute atomic E-state index is 0.0436. The summed E-state index contributed by atoms with van der Waals surface area (Å²) in [5, 5.41) is 12.3. The summed E-state index contributed by atoms with van der Waals surface area (Å²) in [5.41, 5.74) is 0. The molecule has 0 aromatic heterocycles. The van der Waals surface area contributed by atoms with Crippen LogP contribution in [0.5, 0.6) is 0 Å². The van der Waals surface area contributed by atoms with Crippen molar-refractivity contribution in [3.63, 3.8) is 0 Å². The first-order valence-electron chi connectivity index (χ1n) is 6.63. The number of likely N-dealkylation sites (N-methyl/N-ethyl adjacent to an activating group) is 1. The smallest absolute Gasteiger partial charge is 0.0953 e. The van der Waals surface area contributed by atoms with Crippen LogP contribution < -0.4 is 5.32 Å². The van der Waals surface area contributed by atoms with Crippen LogP contribution in [0.1, 0.15) is 46.5 Å². The fourth-order valence-electron chi connectivity index (χ4n) is 1.75. The molecule has 0 bridgehead atoms. The Bertz CT molecular complexity index is 182. The number of nitrogens with zero attached hydrogens (tertiary/aromatic N) is 2. The van der Waals surface area contributed by atoms with Crippen molar-refractivity contribution in [2.24, 2.45) is 0 Å². The van der Waals surface area contributed by atoms with Gasteiger partial charge in [0, 0.05) is 13.1 Å². The predicted octanol–water partition coefficient (Wildman–Crippen LogP) is 2.39. The van der Waals surface area contributed by atoms with Crippen molar-refractivity contribution >= 4 is 0 Å². The lowest BCUT2D eigenvalue weighted by Gasteiger charge is -2.19. The van der Waals surface area contributed by atoms with Crippen LogP contribution in [0.4, 0.5) is 0 Å². The Balaban J connectivity index is 3.58. The topological polar surface area (TPSA) is 39.1 Å². The molecule has 0 aliphatic carbocycles. The van der Waals surface area contributed by atoms with Gasteiger partial charge in [-0.05, 0) is 19.5 Å². The van der Waals surface area contributed by atoms with Gasteiger partial charge in [-0.25, -0.2) is 0 Å². The van der Waals surface area contributed by atoms with E-state index in [0.717, 1.165) is 39.0 Å². The number of hydrogen-bond donors (Lipinski definition) is 1. The van der Waals surface area contributed by atoms with E-state index in [9.17, 15) is 0 Å². The summed E-state index contributed by atoms with van der Waals surface area (Å²) < 4.78 is 0. The zero-order valence-corrected chi connectivity index (χ0v) is 11.1. The van der Waals surface area contributed by atoms with Crippen molar-refractivity contribution in [3.05, 3.63) is 0 Å². The van der Waals surface area contributed by atoms with Crippen LogP contribution in [-0.4, -0.2) is 37.1 Å². The van der Waals surface area contributed by atoms with Gasteiger partial charge in [-0.1, -0.05) is 40.0 Å². The summed E-state index contributed by atoms with van der Waals surface area (Å²) in [7, 11) is 0. The highest BCUT2D eigenvalue weighted by molar-refractivity contribution is 4.89. The van der Waals surface area contributed by atoms with Gasteiger partial charge in [-0.3, -0.25) is 0 Å². The normalized spacial score (nSPS) is 12.7. The second-order valence-electron chi connectivity index (χ2n) is 4.16. The lowest BCUT2D eigenvalue weighted by Crippen LogP contribution is -2.36. The molecule has 0 amide bonds. The molecule has 3 nitrogen and oxygen atoms in total. The summed E-state index contributed by atoms with van der Waals surface area (Å²) >= 11 is 0. The minimum atomic E-state index is 0.0436. The van der Waals surface area contributed by atoms with Crippen LogP contribution in [-0.2, 0) is 0 Å². The van der Waals surface area contributed by atoms with E-state index in [0.29, 0.717) is 0 Å². The van der Waals surface area contributed by atoms with Crippen molar-refractivity contribution in [1.29, 1.82) is 5.26 Å². The molecular weight excluding hydrogens is 198 g/mol. The molecule has 94 valence electrons. The Morgan fingerprint density at radius 3 is 2.38 bits per heavy atom. The third-order valence-electron chi connectivity index (χ3n) is 2.97. The van der Waals surface area contributed by atoms with Crippen molar-refractivity contribution in [3.8, 4) is 6.07 Å². The van der Waals surface area contributed by atoms with Crippen molar-refractivity contribution < 1.29 is 0 Å². The summed E-state index contributed by atoms with van der Waals surface area (Å²) in [4.78, 5) is 2.37. The molecule has 0 fully saturated rings.